The Kier molecular flexibility index (Phi) is 7.10. The topological polar surface area (TPSA) is 60.2 Å². The maximum Gasteiger partial charge on any atom is 0.154 e. The molecule has 0 aliphatic carbocycles. The van der Waals surface area contributed by atoms with E-state index >= 15 is 0 Å². The van der Waals surface area contributed by atoms with Gasteiger partial charge in [-0.2, -0.15) is 0 Å². The first-order valence-corrected chi connectivity index (χ1v) is 8.88. The second kappa shape index (κ2) is 8.33. The van der Waals surface area contributed by atoms with Crippen LogP contribution in [-0.4, -0.2) is 14.2 Å². The van der Waals surface area contributed by atoms with Crippen molar-refractivity contribution >= 4 is 9.84 Å². The molecule has 0 amide bonds. The third-order valence-electron chi connectivity index (χ3n) is 3.20. The molecule has 0 aliphatic rings. The van der Waals surface area contributed by atoms with Crippen molar-refractivity contribution in [3.8, 4) is 0 Å². The molecule has 1 rings (SSSR count). The fraction of sp³-hybridized carbons (Fsp3) is 0.600. The maximum atomic E-state index is 12.0. The van der Waals surface area contributed by atoms with E-state index in [1.807, 2.05) is 24.3 Å². The average Bonchev–Trinajstić information content (AvgIpc) is 2.39. The molecule has 3 nitrogen and oxygen atoms in total. The molecular formula is C15H25NO2S. The van der Waals surface area contributed by atoms with Gasteiger partial charge in [-0.25, -0.2) is 8.42 Å². The van der Waals surface area contributed by atoms with E-state index in [1.54, 1.807) is 0 Å². The first-order valence-electron chi connectivity index (χ1n) is 7.05. The monoisotopic (exact) mass is 283 g/mol. The first-order chi connectivity index (χ1) is 9.07. The van der Waals surface area contributed by atoms with E-state index in [2.05, 4.69) is 6.92 Å². The van der Waals surface area contributed by atoms with Crippen molar-refractivity contribution in [2.75, 3.05) is 5.75 Å². The normalized spacial score (nSPS) is 11.7. The molecule has 19 heavy (non-hydrogen) atoms. The molecule has 1 aromatic rings. The lowest BCUT2D eigenvalue weighted by molar-refractivity contribution is 0.586. The molecule has 0 spiro atoms. The highest BCUT2D eigenvalue weighted by Crippen LogP contribution is 2.11. The molecule has 4 heteroatoms. The van der Waals surface area contributed by atoms with Gasteiger partial charge in [0.2, 0.25) is 0 Å². The van der Waals surface area contributed by atoms with E-state index in [9.17, 15) is 8.42 Å². The Bertz CT molecular complexity index is 452. The van der Waals surface area contributed by atoms with Gasteiger partial charge in [-0.15, -0.1) is 0 Å². The predicted molar refractivity (Wildman–Crippen MR) is 80.6 cm³/mol. The zero-order valence-corrected chi connectivity index (χ0v) is 12.6. The molecular weight excluding hydrogens is 258 g/mol. The number of unbranched alkanes of at least 4 members (excludes halogenated alkanes) is 4. The van der Waals surface area contributed by atoms with Gasteiger partial charge in [-0.1, -0.05) is 56.9 Å². The summed E-state index contributed by atoms with van der Waals surface area (Å²) in [6.45, 7) is 2.65. The van der Waals surface area contributed by atoms with Crippen molar-refractivity contribution in [1.29, 1.82) is 0 Å². The van der Waals surface area contributed by atoms with Crippen LogP contribution in [0.2, 0.25) is 0 Å². The summed E-state index contributed by atoms with van der Waals surface area (Å²) in [4.78, 5) is 0. The van der Waals surface area contributed by atoms with E-state index in [0.29, 0.717) is 12.3 Å². The maximum absolute atomic E-state index is 12.0. The summed E-state index contributed by atoms with van der Waals surface area (Å²) < 4.78 is 23.9. The van der Waals surface area contributed by atoms with E-state index in [-0.39, 0.29) is 5.75 Å². The van der Waals surface area contributed by atoms with Crippen LogP contribution in [0.3, 0.4) is 0 Å². The van der Waals surface area contributed by atoms with Crippen LogP contribution in [0.1, 0.15) is 50.2 Å². The summed E-state index contributed by atoms with van der Waals surface area (Å²) >= 11 is 0. The Morgan fingerprint density at radius 3 is 2.11 bits per heavy atom. The minimum absolute atomic E-state index is 0.144. The van der Waals surface area contributed by atoms with Crippen LogP contribution in [-0.2, 0) is 22.1 Å². The lowest BCUT2D eigenvalue weighted by Crippen LogP contribution is -2.09. The number of rotatable bonds is 9. The third kappa shape index (κ3) is 6.73. The van der Waals surface area contributed by atoms with Gasteiger partial charge in [-0.05, 0) is 17.5 Å². The molecule has 0 fully saturated rings. The zero-order valence-electron chi connectivity index (χ0n) is 11.8. The quantitative estimate of drug-likeness (QED) is 0.709. The number of hydrogen-bond donors (Lipinski definition) is 1. The van der Waals surface area contributed by atoms with Crippen LogP contribution >= 0.6 is 0 Å². The first kappa shape index (κ1) is 16.2. The zero-order chi connectivity index (χ0) is 14.1. The van der Waals surface area contributed by atoms with Crippen molar-refractivity contribution in [3.05, 3.63) is 35.4 Å². The highest BCUT2D eigenvalue weighted by molar-refractivity contribution is 7.90. The Morgan fingerprint density at radius 2 is 1.53 bits per heavy atom. The van der Waals surface area contributed by atoms with Crippen LogP contribution in [0.4, 0.5) is 0 Å². The molecule has 0 aromatic heterocycles. The fourth-order valence-electron chi connectivity index (χ4n) is 2.02. The molecule has 2 N–H and O–H groups in total. The molecule has 0 radical (unpaired) electrons. The van der Waals surface area contributed by atoms with E-state index < -0.39 is 9.84 Å². The second-order valence-electron chi connectivity index (χ2n) is 5.03. The van der Waals surface area contributed by atoms with Gasteiger partial charge in [0.05, 0.1) is 11.5 Å². The minimum atomic E-state index is -2.97. The van der Waals surface area contributed by atoms with Crippen LogP contribution in [0.5, 0.6) is 0 Å². The van der Waals surface area contributed by atoms with Crippen molar-refractivity contribution in [2.45, 2.75) is 51.3 Å². The summed E-state index contributed by atoms with van der Waals surface area (Å²) in [6.07, 6.45) is 5.31. The number of hydrogen-bond acceptors (Lipinski definition) is 3. The molecule has 0 aliphatic heterocycles. The molecule has 0 saturated carbocycles. The Hall–Kier alpha value is -0.870. The summed E-state index contributed by atoms with van der Waals surface area (Å²) in [5.74, 6) is 0.445. The van der Waals surface area contributed by atoms with Crippen LogP contribution < -0.4 is 5.73 Å². The standard InChI is InChI=1S/C15H25NO2S/c1-2-3-4-5-6-11-19(17,18)13-15-9-7-14(12-16)8-10-15/h7-10H,2-6,11-13,16H2,1H3. The second-order valence-corrected chi connectivity index (χ2v) is 7.21. The molecule has 0 saturated heterocycles. The number of sulfone groups is 1. The fourth-order valence-corrected chi connectivity index (χ4v) is 3.51. The largest absolute Gasteiger partial charge is 0.326 e. The van der Waals surface area contributed by atoms with Crippen molar-refractivity contribution in [2.24, 2.45) is 5.73 Å². The van der Waals surface area contributed by atoms with E-state index in [1.165, 1.54) is 12.8 Å². The molecule has 0 unspecified atom stereocenters. The van der Waals surface area contributed by atoms with Crippen molar-refractivity contribution < 1.29 is 8.42 Å². The Morgan fingerprint density at radius 1 is 0.947 bits per heavy atom. The van der Waals surface area contributed by atoms with Crippen LogP contribution in [0.15, 0.2) is 24.3 Å². The van der Waals surface area contributed by atoms with E-state index in [4.69, 9.17) is 5.73 Å². The predicted octanol–water partition coefficient (Wildman–Crippen LogP) is 3.03. The van der Waals surface area contributed by atoms with Gasteiger partial charge < -0.3 is 5.73 Å². The highest BCUT2D eigenvalue weighted by atomic mass is 32.2. The van der Waals surface area contributed by atoms with Gasteiger partial charge in [0, 0.05) is 6.54 Å². The lowest BCUT2D eigenvalue weighted by Gasteiger charge is -2.05. The van der Waals surface area contributed by atoms with Crippen LogP contribution in [0, 0.1) is 0 Å². The van der Waals surface area contributed by atoms with E-state index in [0.717, 1.165) is 30.4 Å². The van der Waals surface area contributed by atoms with Gasteiger partial charge >= 0.3 is 0 Å². The Labute approximate surface area is 117 Å². The molecule has 0 heterocycles. The summed E-state index contributed by atoms with van der Waals surface area (Å²) in [7, 11) is -2.97. The molecule has 0 atom stereocenters. The highest BCUT2D eigenvalue weighted by Gasteiger charge is 2.11. The average molecular weight is 283 g/mol. The van der Waals surface area contributed by atoms with Gasteiger partial charge in [0.15, 0.2) is 9.84 Å². The summed E-state index contributed by atoms with van der Waals surface area (Å²) in [5, 5.41) is 0. The van der Waals surface area contributed by atoms with Crippen molar-refractivity contribution in [1.82, 2.24) is 0 Å². The number of nitrogens with two attached hydrogens (primary N) is 1. The summed E-state index contributed by atoms with van der Waals surface area (Å²) in [5.41, 5.74) is 7.40. The molecule has 108 valence electrons. The lowest BCUT2D eigenvalue weighted by atomic mass is 10.1. The number of benzene rings is 1. The van der Waals surface area contributed by atoms with Gasteiger partial charge in [0.1, 0.15) is 0 Å². The minimum Gasteiger partial charge on any atom is -0.326 e. The summed E-state index contributed by atoms with van der Waals surface area (Å²) in [6, 6.07) is 7.51. The SMILES string of the molecule is CCCCCCCS(=O)(=O)Cc1ccc(CN)cc1. The smallest absolute Gasteiger partial charge is 0.154 e. The van der Waals surface area contributed by atoms with Gasteiger partial charge in [-0.3, -0.25) is 0 Å². The van der Waals surface area contributed by atoms with Gasteiger partial charge in [0.25, 0.3) is 0 Å². The third-order valence-corrected chi connectivity index (χ3v) is 4.89. The molecule has 1 aromatic carbocycles. The molecule has 0 bridgehead atoms. The Balaban J connectivity index is 2.40. The van der Waals surface area contributed by atoms with Crippen LogP contribution in [0.25, 0.3) is 0 Å². The van der Waals surface area contributed by atoms with Crippen molar-refractivity contribution in [3.63, 3.8) is 0 Å².